The number of carboxylic acids is 1. The fraction of sp³-hybridized carbons (Fsp3) is 0.600. The summed E-state index contributed by atoms with van der Waals surface area (Å²) in [5.74, 6) is -4.65. The molecule has 0 aromatic carbocycles. The molecule has 3 rings (SSSR count). The van der Waals surface area contributed by atoms with Crippen molar-refractivity contribution in [2.24, 2.45) is 5.14 Å². The number of carbonyl (C=O) groups is 3. The minimum absolute atomic E-state index is 0.0754. The zero-order valence-electron chi connectivity index (χ0n) is 17.5. The first kappa shape index (κ1) is 27.6. The first-order valence-electron chi connectivity index (χ1n) is 9.50. The van der Waals surface area contributed by atoms with Crippen LogP contribution in [0.15, 0.2) is 16.4 Å². The lowest BCUT2D eigenvalue weighted by Gasteiger charge is -2.49. The maximum atomic E-state index is 12.6. The van der Waals surface area contributed by atoms with Crippen LogP contribution in [-0.4, -0.2) is 103 Å². The van der Waals surface area contributed by atoms with Gasteiger partial charge in [-0.2, -0.15) is 13.2 Å². The number of hydrogen-bond acceptors (Lipinski definition) is 11. The van der Waals surface area contributed by atoms with E-state index in [1.807, 2.05) is 0 Å². The van der Waals surface area contributed by atoms with Gasteiger partial charge in [-0.1, -0.05) is 11.8 Å². The smallest absolute Gasteiger partial charge is 0.397 e. The second-order valence-corrected chi connectivity index (χ2v) is 11.9. The summed E-state index contributed by atoms with van der Waals surface area (Å²) in [4.78, 5) is 37.5. The maximum absolute atomic E-state index is 12.6. The quantitative estimate of drug-likeness (QED) is 0.217. The number of carbonyl (C=O) groups excluding carboxylic acids is 2. The topological polar surface area (TPSA) is 190 Å². The molecule has 4 N–H and O–H groups in total. The normalized spacial score (nSPS) is 20.5. The molecule has 0 spiro atoms. The number of nitrogens with one attached hydrogen (secondary N) is 1. The zero-order valence-corrected chi connectivity index (χ0v) is 20.7. The Balaban J connectivity index is 1.63. The van der Waals surface area contributed by atoms with Gasteiger partial charge in [0.2, 0.25) is 21.1 Å². The van der Waals surface area contributed by atoms with E-state index in [4.69, 9.17) is 5.14 Å². The van der Waals surface area contributed by atoms with E-state index in [1.54, 1.807) is 0 Å². The zero-order chi connectivity index (χ0) is 26.0. The highest BCUT2D eigenvalue weighted by atomic mass is 32.2. The lowest BCUT2D eigenvalue weighted by molar-refractivity contribution is -0.150. The average molecular weight is 578 g/mol. The fourth-order valence-corrected chi connectivity index (χ4v) is 6.49. The number of aliphatic carboxylic acids is 1. The van der Waals surface area contributed by atoms with Gasteiger partial charge in [0.05, 0.1) is 23.8 Å². The molecule has 1 saturated heterocycles. The van der Waals surface area contributed by atoms with Gasteiger partial charge in [-0.25, -0.2) is 23.0 Å². The molecule has 13 nitrogen and oxygen atoms in total. The number of nitrogens with zero attached hydrogens (tertiary/aromatic N) is 5. The molecule has 2 aliphatic heterocycles. The summed E-state index contributed by atoms with van der Waals surface area (Å²) < 4.78 is 60.2. The van der Waals surface area contributed by atoms with Gasteiger partial charge < -0.3 is 10.4 Å². The third-order valence-corrected chi connectivity index (χ3v) is 8.66. The summed E-state index contributed by atoms with van der Waals surface area (Å²) in [6.07, 6.45) is -4.42. The molecular weight excluding hydrogens is 559 g/mol. The summed E-state index contributed by atoms with van der Waals surface area (Å²) in [5, 5.41) is 27.4. The Morgan fingerprint density at radius 3 is 2.69 bits per heavy atom. The summed E-state index contributed by atoms with van der Waals surface area (Å²) >= 11 is 2.59. The molecule has 1 fully saturated rings. The van der Waals surface area contributed by atoms with Gasteiger partial charge in [0.15, 0.2) is 0 Å². The number of rotatable bonds is 11. The van der Waals surface area contributed by atoms with Crippen LogP contribution in [0, 0.1) is 0 Å². The van der Waals surface area contributed by atoms with Crippen molar-refractivity contribution in [2.45, 2.75) is 29.3 Å². The van der Waals surface area contributed by atoms with Gasteiger partial charge in [-0.3, -0.25) is 14.5 Å². The molecule has 35 heavy (non-hydrogen) atoms. The monoisotopic (exact) mass is 577 g/mol. The number of thioether (sulfide) groups is 3. The van der Waals surface area contributed by atoms with E-state index in [1.165, 1.54) is 16.4 Å². The number of hydrogen-bond donors (Lipinski definition) is 3. The molecule has 1 aromatic rings. The molecule has 2 amide bonds. The Morgan fingerprint density at radius 2 is 2.06 bits per heavy atom. The van der Waals surface area contributed by atoms with E-state index in [-0.39, 0.29) is 28.9 Å². The van der Waals surface area contributed by atoms with Gasteiger partial charge in [0.1, 0.15) is 17.1 Å². The second kappa shape index (κ2) is 10.9. The van der Waals surface area contributed by atoms with Crippen molar-refractivity contribution < 1.29 is 41.1 Å². The highest BCUT2D eigenvalue weighted by Gasteiger charge is 2.54. The minimum Gasteiger partial charge on any atom is -0.477 e. The SMILES string of the molecule is NS(=O)(=O)CCn1nnnc1SCC1=C(C(=O)O)N2C(=O)C(NC(=O)CSCC(F)(F)F)[C@H]2SC1. The van der Waals surface area contributed by atoms with E-state index < -0.39 is 62.7 Å². The van der Waals surface area contributed by atoms with Gasteiger partial charge in [-0.15, -0.1) is 28.6 Å². The molecule has 0 bridgehead atoms. The van der Waals surface area contributed by atoms with Crippen LogP contribution in [0.5, 0.6) is 0 Å². The number of nitrogens with two attached hydrogens (primary N) is 1. The third kappa shape index (κ3) is 7.24. The maximum Gasteiger partial charge on any atom is 0.397 e. The molecule has 0 radical (unpaired) electrons. The summed E-state index contributed by atoms with van der Waals surface area (Å²) in [5.41, 5.74) is 0.121. The number of sulfonamides is 1. The van der Waals surface area contributed by atoms with Crippen molar-refractivity contribution in [2.75, 3.05) is 28.8 Å². The van der Waals surface area contributed by atoms with Crippen molar-refractivity contribution in [3.63, 3.8) is 0 Å². The first-order valence-corrected chi connectivity index (χ1v) is 14.4. The molecule has 1 aromatic heterocycles. The van der Waals surface area contributed by atoms with Crippen LogP contribution in [0.25, 0.3) is 0 Å². The number of amides is 2. The molecule has 1 unspecified atom stereocenters. The van der Waals surface area contributed by atoms with E-state index in [2.05, 4.69) is 20.8 Å². The molecule has 20 heteroatoms. The van der Waals surface area contributed by atoms with Crippen LogP contribution in [0.4, 0.5) is 13.2 Å². The Bertz CT molecular complexity index is 1140. The number of β-lactam (4-membered cyclic amide) rings is 1. The molecular formula is C15H18F3N7O6S4. The second-order valence-electron chi connectivity index (χ2n) is 7.16. The van der Waals surface area contributed by atoms with Crippen LogP contribution in [-0.2, 0) is 31.0 Å². The number of halogens is 3. The average Bonchev–Trinajstić information content (AvgIpc) is 3.19. The van der Waals surface area contributed by atoms with Crippen molar-refractivity contribution in [3.05, 3.63) is 11.3 Å². The lowest BCUT2D eigenvalue weighted by atomic mass is 10.0. The number of aryl methyl sites for hydroxylation is 1. The van der Waals surface area contributed by atoms with E-state index in [0.29, 0.717) is 17.3 Å². The number of fused-ring (bicyclic) bond motifs is 1. The Kier molecular flexibility index (Phi) is 8.60. The van der Waals surface area contributed by atoms with Gasteiger partial charge in [0, 0.05) is 11.5 Å². The number of aromatic nitrogens is 4. The van der Waals surface area contributed by atoms with Crippen molar-refractivity contribution >= 4 is 63.1 Å². The molecule has 2 aliphatic rings. The predicted octanol–water partition coefficient (Wildman–Crippen LogP) is -0.912. The molecule has 0 saturated carbocycles. The molecule has 194 valence electrons. The van der Waals surface area contributed by atoms with Crippen LogP contribution in [0.2, 0.25) is 0 Å². The number of carboxylic acid groups (broad SMARTS) is 1. The number of alkyl halides is 3. The highest BCUT2D eigenvalue weighted by Crippen LogP contribution is 2.41. The summed E-state index contributed by atoms with van der Waals surface area (Å²) in [6, 6.07) is -1.05. The summed E-state index contributed by atoms with van der Waals surface area (Å²) in [6.45, 7) is -0.108. The fourth-order valence-electron chi connectivity index (χ4n) is 3.07. The van der Waals surface area contributed by atoms with Crippen molar-refractivity contribution in [1.29, 1.82) is 0 Å². The standard InChI is InChI=1S/C15H18F3N7O6S4/c16-15(17,18)6-32-5-8(26)20-9-11(27)25-10(13(28)29)7(3-33-12(9)25)4-34-14-21-22-23-24(14)1-2-35(19,30)31/h9,12H,1-6H2,(H,20,26)(H,28,29)(H2,19,30,31)/t9?,12-/m1/s1. The largest absolute Gasteiger partial charge is 0.477 e. The van der Waals surface area contributed by atoms with E-state index in [0.717, 1.165) is 16.7 Å². The van der Waals surface area contributed by atoms with Crippen LogP contribution in [0.3, 0.4) is 0 Å². The lowest BCUT2D eigenvalue weighted by Crippen LogP contribution is -2.70. The summed E-state index contributed by atoms with van der Waals surface area (Å²) in [7, 11) is -3.75. The third-order valence-electron chi connectivity index (χ3n) is 4.53. The van der Waals surface area contributed by atoms with Crippen LogP contribution >= 0.6 is 35.3 Å². The van der Waals surface area contributed by atoms with Crippen LogP contribution in [0.1, 0.15) is 0 Å². The van der Waals surface area contributed by atoms with Crippen LogP contribution < -0.4 is 10.5 Å². The van der Waals surface area contributed by atoms with Gasteiger partial charge in [0.25, 0.3) is 5.91 Å². The molecule has 3 heterocycles. The first-order chi connectivity index (χ1) is 16.3. The van der Waals surface area contributed by atoms with Crippen molar-refractivity contribution in [3.8, 4) is 0 Å². The van der Waals surface area contributed by atoms with E-state index in [9.17, 15) is 41.1 Å². The Hall–Kier alpha value is -2.03. The van der Waals surface area contributed by atoms with Gasteiger partial charge in [-0.05, 0) is 16.0 Å². The Labute approximate surface area is 208 Å². The van der Waals surface area contributed by atoms with Crippen molar-refractivity contribution in [1.82, 2.24) is 30.4 Å². The number of primary sulfonamides is 1. The Morgan fingerprint density at radius 1 is 1.34 bits per heavy atom. The predicted molar refractivity (Wildman–Crippen MR) is 120 cm³/mol. The molecule has 0 aliphatic carbocycles. The number of tetrazole rings is 1. The van der Waals surface area contributed by atoms with E-state index >= 15 is 0 Å². The van der Waals surface area contributed by atoms with Gasteiger partial charge >= 0.3 is 12.1 Å². The minimum atomic E-state index is -4.42. The molecule has 2 atom stereocenters. The highest BCUT2D eigenvalue weighted by molar-refractivity contribution is 8.01.